The molecule has 0 aromatic carbocycles. The molecule has 0 amide bonds. The van der Waals surface area contributed by atoms with Crippen molar-refractivity contribution in [3.05, 3.63) is 0 Å². The monoisotopic (exact) mass is 176 g/mol. The summed E-state index contributed by atoms with van der Waals surface area (Å²) in [7, 11) is 1.88. The van der Waals surface area contributed by atoms with Crippen LogP contribution in [-0.4, -0.2) is 33.4 Å². The van der Waals surface area contributed by atoms with Crippen LogP contribution in [0.5, 0.6) is 0 Å². The van der Waals surface area contributed by atoms with Gasteiger partial charge >= 0.3 is 0 Å². The van der Waals surface area contributed by atoms with Crippen LogP contribution in [0, 0.1) is 0 Å². The minimum atomic E-state index is 0.611. The molecule has 0 radical (unpaired) electrons. The van der Waals surface area contributed by atoms with Gasteiger partial charge in [0.25, 0.3) is 0 Å². The van der Waals surface area contributed by atoms with Crippen molar-refractivity contribution in [2.45, 2.75) is 19.8 Å². The van der Waals surface area contributed by atoms with E-state index < -0.39 is 0 Å². The summed E-state index contributed by atoms with van der Waals surface area (Å²) in [5, 5.41) is 5.92. The molecule has 0 bridgehead atoms. The van der Waals surface area contributed by atoms with Gasteiger partial charge in [-0.25, -0.2) is 0 Å². The van der Waals surface area contributed by atoms with Crippen molar-refractivity contribution in [2.24, 2.45) is 11.5 Å². The maximum absolute atomic E-state index is 5.16. The largest absolute Gasteiger partial charge is 0.329 e. The zero-order valence-electron chi connectivity index (χ0n) is 8.40. The fraction of sp³-hybridized carbons (Fsp3) is 1.00. The molecule has 0 heterocycles. The third-order valence-corrected chi connectivity index (χ3v) is 1.25. The van der Waals surface area contributed by atoms with Crippen molar-refractivity contribution in [3.8, 4) is 0 Å². The molecule has 6 N–H and O–H groups in total. The van der Waals surface area contributed by atoms with Gasteiger partial charge in [0, 0.05) is 19.8 Å². The van der Waals surface area contributed by atoms with E-state index >= 15 is 0 Å². The van der Waals surface area contributed by atoms with E-state index in [1.54, 1.807) is 0 Å². The number of unbranched alkanes of at least 4 members (excludes halogenated alkanes) is 1. The Hall–Kier alpha value is -0.160. The smallest absolute Gasteiger partial charge is 0.0428 e. The zero-order chi connectivity index (χ0) is 9.66. The SMILES string of the molecule is CCCCNCN.CNCCN. The molecular formula is C8H24N4. The molecule has 0 saturated carbocycles. The lowest BCUT2D eigenvalue weighted by Gasteiger charge is -1.95. The van der Waals surface area contributed by atoms with Gasteiger partial charge in [-0.15, -0.1) is 0 Å². The highest BCUT2D eigenvalue weighted by atomic mass is 14.9. The van der Waals surface area contributed by atoms with Gasteiger partial charge < -0.3 is 22.1 Å². The van der Waals surface area contributed by atoms with Gasteiger partial charge in [-0.05, 0) is 20.0 Å². The van der Waals surface area contributed by atoms with Crippen molar-refractivity contribution in [3.63, 3.8) is 0 Å². The molecule has 0 aromatic heterocycles. The minimum Gasteiger partial charge on any atom is -0.329 e. The van der Waals surface area contributed by atoms with Gasteiger partial charge in [-0.2, -0.15) is 0 Å². The summed E-state index contributed by atoms with van der Waals surface area (Å²) < 4.78 is 0. The Morgan fingerprint density at radius 1 is 1.17 bits per heavy atom. The van der Waals surface area contributed by atoms with Crippen LogP contribution in [0.3, 0.4) is 0 Å². The normalized spacial score (nSPS) is 9.00. The molecule has 12 heavy (non-hydrogen) atoms. The second-order valence-corrected chi connectivity index (χ2v) is 2.45. The molecule has 0 aliphatic heterocycles. The number of nitrogens with one attached hydrogen (secondary N) is 2. The minimum absolute atomic E-state index is 0.611. The van der Waals surface area contributed by atoms with Crippen LogP contribution >= 0.6 is 0 Å². The standard InChI is InChI=1S/C5H14N2.C3H10N2/c1-2-3-4-7-5-6;1-5-3-2-4/h7H,2-6H2,1H3;5H,2-4H2,1H3. The Morgan fingerprint density at radius 3 is 2.08 bits per heavy atom. The van der Waals surface area contributed by atoms with Gasteiger partial charge in [-0.3, -0.25) is 0 Å². The summed E-state index contributed by atoms with van der Waals surface area (Å²) in [5.74, 6) is 0. The first-order valence-corrected chi connectivity index (χ1v) is 4.58. The van der Waals surface area contributed by atoms with Gasteiger partial charge in [0.1, 0.15) is 0 Å². The van der Waals surface area contributed by atoms with E-state index in [4.69, 9.17) is 11.5 Å². The lowest BCUT2D eigenvalue weighted by Crippen LogP contribution is -2.22. The Morgan fingerprint density at radius 2 is 1.83 bits per heavy atom. The maximum Gasteiger partial charge on any atom is 0.0428 e. The lowest BCUT2D eigenvalue weighted by atomic mass is 10.3. The molecule has 0 aliphatic carbocycles. The second kappa shape index (κ2) is 17.1. The molecule has 4 heteroatoms. The molecule has 0 aromatic rings. The molecular weight excluding hydrogens is 152 g/mol. The van der Waals surface area contributed by atoms with Gasteiger partial charge in [0.2, 0.25) is 0 Å². The third kappa shape index (κ3) is 22.5. The molecule has 0 rings (SSSR count). The molecule has 0 fully saturated rings. The Labute approximate surface area is 76.1 Å². The summed E-state index contributed by atoms with van der Waals surface area (Å²) in [6.45, 7) is 5.49. The van der Waals surface area contributed by atoms with Crippen LogP contribution < -0.4 is 22.1 Å². The third-order valence-electron chi connectivity index (χ3n) is 1.25. The van der Waals surface area contributed by atoms with E-state index in [9.17, 15) is 0 Å². The van der Waals surface area contributed by atoms with Crippen molar-refractivity contribution in [2.75, 3.05) is 33.4 Å². The van der Waals surface area contributed by atoms with Crippen LogP contribution in [0.4, 0.5) is 0 Å². The molecule has 0 spiro atoms. The maximum atomic E-state index is 5.16. The van der Waals surface area contributed by atoms with Crippen molar-refractivity contribution in [1.29, 1.82) is 0 Å². The average molecular weight is 176 g/mol. The van der Waals surface area contributed by atoms with Crippen LogP contribution in [0.15, 0.2) is 0 Å². The summed E-state index contributed by atoms with van der Waals surface area (Å²) in [4.78, 5) is 0. The second-order valence-electron chi connectivity index (χ2n) is 2.45. The number of nitrogens with two attached hydrogens (primary N) is 2. The first kappa shape index (κ1) is 14.4. The van der Waals surface area contributed by atoms with Gasteiger partial charge in [0.05, 0.1) is 0 Å². The summed E-state index contributed by atoms with van der Waals surface area (Å²) in [6, 6.07) is 0. The van der Waals surface area contributed by atoms with Gasteiger partial charge in [0.15, 0.2) is 0 Å². The Balaban J connectivity index is 0. The zero-order valence-corrected chi connectivity index (χ0v) is 8.40. The molecule has 0 atom stereocenters. The highest BCUT2D eigenvalue weighted by Gasteiger charge is 1.77. The predicted molar refractivity (Wildman–Crippen MR) is 54.9 cm³/mol. The Kier molecular flexibility index (Phi) is 20.4. The van der Waals surface area contributed by atoms with Crippen LogP contribution in [0.25, 0.3) is 0 Å². The summed E-state index contributed by atoms with van der Waals surface area (Å²) in [5.41, 5.74) is 10.2. The van der Waals surface area contributed by atoms with Crippen molar-refractivity contribution < 1.29 is 0 Å². The highest BCUT2D eigenvalue weighted by Crippen LogP contribution is 1.79. The first-order valence-electron chi connectivity index (χ1n) is 4.58. The van der Waals surface area contributed by atoms with Crippen LogP contribution in [0.2, 0.25) is 0 Å². The van der Waals surface area contributed by atoms with Gasteiger partial charge in [-0.1, -0.05) is 13.3 Å². The summed E-state index contributed by atoms with van der Waals surface area (Å²) >= 11 is 0. The number of likely N-dealkylation sites (N-methyl/N-ethyl adjacent to an activating group) is 1. The fourth-order valence-corrected chi connectivity index (χ4v) is 0.548. The number of hydrogen-bond acceptors (Lipinski definition) is 4. The molecule has 0 saturated heterocycles. The number of hydrogen-bond donors (Lipinski definition) is 4. The predicted octanol–water partition coefficient (Wildman–Crippen LogP) is -0.543. The molecule has 4 nitrogen and oxygen atoms in total. The quantitative estimate of drug-likeness (QED) is 0.324. The molecule has 76 valence electrons. The highest BCUT2D eigenvalue weighted by molar-refractivity contribution is 4.38. The van der Waals surface area contributed by atoms with E-state index in [0.717, 1.165) is 19.6 Å². The van der Waals surface area contributed by atoms with Crippen LogP contribution in [0.1, 0.15) is 19.8 Å². The van der Waals surface area contributed by atoms with Crippen molar-refractivity contribution in [1.82, 2.24) is 10.6 Å². The van der Waals surface area contributed by atoms with E-state index in [2.05, 4.69) is 17.6 Å². The lowest BCUT2D eigenvalue weighted by molar-refractivity contribution is 0.653. The average Bonchev–Trinajstić information content (AvgIpc) is 2.08. The van der Waals surface area contributed by atoms with E-state index in [1.807, 2.05) is 7.05 Å². The van der Waals surface area contributed by atoms with Crippen LogP contribution in [-0.2, 0) is 0 Å². The number of rotatable bonds is 6. The summed E-state index contributed by atoms with van der Waals surface area (Å²) in [6.07, 6.45) is 2.48. The fourth-order valence-electron chi connectivity index (χ4n) is 0.548. The van der Waals surface area contributed by atoms with Crippen molar-refractivity contribution >= 4 is 0 Å². The van der Waals surface area contributed by atoms with E-state index in [1.165, 1.54) is 12.8 Å². The first-order chi connectivity index (χ1) is 5.83. The topological polar surface area (TPSA) is 76.1 Å². The van der Waals surface area contributed by atoms with E-state index in [-0.39, 0.29) is 0 Å². The van der Waals surface area contributed by atoms with E-state index in [0.29, 0.717) is 6.67 Å². The Bertz CT molecular complexity index is 53.0. The molecule has 0 aliphatic rings. The molecule has 0 unspecified atom stereocenters.